The van der Waals surface area contributed by atoms with E-state index < -0.39 is 0 Å². The molecule has 2 aromatic rings. The number of aromatic nitrogens is 3. The molecule has 2 heterocycles. The van der Waals surface area contributed by atoms with Crippen molar-refractivity contribution in [1.29, 1.82) is 0 Å². The van der Waals surface area contributed by atoms with E-state index in [1.165, 1.54) is 0 Å². The third-order valence-electron chi connectivity index (χ3n) is 2.36. The van der Waals surface area contributed by atoms with Crippen LogP contribution < -0.4 is 10.6 Å². The van der Waals surface area contributed by atoms with E-state index in [0.29, 0.717) is 36.5 Å². The highest BCUT2D eigenvalue weighted by Crippen LogP contribution is 2.14. The molecule has 0 amide bonds. The van der Waals surface area contributed by atoms with Crippen LogP contribution in [0.2, 0.25) is 0 Å². The van der Waals surface area contributed by atoms with Gasteiger partial charge in [-0.05, 0) is 19.1 Å². The molecule has 2 rings (SSSR count). The van der Waals surface area contributed by atoms with E-state index in [2.05, 4.69) is 36.7 Å². The molecular weight excluding hydrogens is 383 g/mol. The summed E-state index contributed by atoms with van der Waals surface area (Å²) in [5.74, 6) is 4.92. The maximum absolute atomic E-state index is 5.22. The molecule has 0 aliphatic rings. The fraction of sp³-hybridized carbons (Fsp3) is 0.308. The highest BCUT2D eigenvalue weighted by Gasteiger charge is 2.07. The number of guanidine groups is 1. The van der Waals surface area contributed by atoms with E-state index in [4.69, 9.17) is 10.8 Å². The Morgan fingerprint density at radius 2 is 2.38 bits per heavy atom. The van der Waals surface area contributed by atoms with Crippen molar-refractivity contribution in [3.63, 3.8) is 0 Å². The summed E-state index contributed by atoms with van der Waals surface area (Å²) in [6.07, 6.45) is 6.78. The molecular formula is C13H17IN6O. The lowest BCUT2D eigenvalue weighted by molar-refractivity contribution is 0.577. The maximum Gasteiger partial charge on any atom is 0.216 e. The first kappa shape index (κ1) is 17.0. The van der Waals surface area contributed by atoms with Crippen LogP contribution in [-0.2, 0) is 6.54 Å². The predicted octanol–water partition coefficient (Wildman–Crippen LogP) is 1.37. The second-order valence-electron chi connectivity index (χ2n) is 3.84. The van der Waals surface area contributed by atoms with Gasteiger partial charge < -0.3 is 15.1 Å². The van der Waals surface area contributed by atoms with Gasteiger partial charge in [-0.15, -0.1) is 35.5 Å². The molecule has 0 aromatic carbocycles. The number of aromatic amines is 1. The molecule has 112 valence electrons. The van der Waals surface area contributed by atoms with Crippen LogP contribution in [0.25, 0.3) is 11.6 Å². The molecule has 8 heteroatoms. The number of furan rings is 1. The number of nitrogens with one attached hydrogen (secondary N) is 3. The largest absolute Gasteiger partial charge is 0.461 e. The molecule has 0 bridgehead atoms. The molecule has 0 saturated heterocycles. The molecule has 0 atom stereocenters. The normalized spacial score (nSPS) is 10.6. The van der Waals surface area contributed by atoms with E-state index >= 15 is 0 Å². The van der Waals surface area contributed by atoms with E-state index in [1.807, 2.05) is 6.92 Å². The van der Waals surface area contributed by atoms with Gasteiger partial charge in [0.2, 0.25) is 5.82 Å². The fourth-order valence-electron chi connectivity index (χ4n) is 1.51. The molecule has 0 unspecified atom stereocenters. The summed E-state index contributed by atoms with van der Waals surface area (Å²) in [4.78, 5) is 8.65. The van der Waals surface area contributed by atoms with Crippen molar-refractivity contribution in [3.8, 4) is 23.9 Å². The summed E-state index contributed by atoms with van der Waals surface area (Å²) >= 11 is 0. The molecule has 0 aliphatic carbocycles. The summed E-state index contributed by atoms with van der Waals surface area (Å²) in [7, 11) is 0. The Labute approximate surface area is 140 Å². The third-order valence-corrected chi connectivity index (χ3v) is 2.36. The SMILES string of the molecule is C#CCNC(=NCc1nc(-c2ccco2)n[nH]1)NCC.I. The standard InChI is InChI=1S/C13H16N6O.HI/c1-3-7-15-13(14-4-2)16-9-11-17-12(19-18-11)10-6-5-8-20-10;/h1,5-6,8H,4,7,9H2,2H3,(H2,14,15,16)(H,17,18,19);1H. The monoisotopic (exact) mass is 400 g/mol. The fourth-order valence-corrected chi connectivity index (χ4v) is 1.51. The summed E-state index contributed by atoms with van der Waals surface area (Å²) in [5.41, 5.74) is 0. The quantitative estimate of drug-likeness (QED) is 0.305. The van der Waals surface area contributed by atoms with Gasteiger partial charge in [0.15, 0.2) is 11.7 Å². The zero-order chi connectivity index (χ0) is 14.2. The minimum Gasteiger partial charge on any atom is -0.461 e. The second-order valence-corrected chi connectivity index (χ2v) is 3.84. The first-order chi connectivity index (χ1) is 9.83. The Balaban J connectivity index is 0.00000220. The van der Waals surface area contributed by atoms with Gasteiger partial charge in [0, 0.05) is 6.54 Å². The lowest BCUT2D eigenvalue weighted by atomic mass is 10.4. The van der Waals surface area contributed by atoms with Crippen LogP contribution in [0, 0.1) is 12.3 Å². The van der Waals surface area contributed by atoms with E-state index in [0.717, 1.165) is 6.54 Å². The van der Waals surface area contributed by atoms with Crippen LogP contribution in [0.5, 0.6) is 0 Å². The molecule has 0 saturated carbocycles. The van der Waals surface area contributed by atoms with Crippen LogP contribution in [0.4, 0.5) is 0 Å². The average molecular weight is 400 g/mol. The minimum absolute atomic E-state index is 0. The van der Waals surface area contributed by atoms with Gasteiger partial charge in [0.1, 0.15) is 12.4 Å². The van der Waals surface area contributed by atoms with Crippen molar-refractivity contribution >= 4 is 29.9 Å². The molecule has 0 fully saturated rings. The number of halogens is 1. The van der Waals surface area contributed by atoms with Crippen LogP contribution in [0.15, 0.2) is 27.8 Å². The van der Waals surface area contributed by atoms with Crippen LogP contribution in [-0.4, -0.2) is 34.2 Å². The topological polar surface area (TPSA) is 91.1 Å². The number of hydrogen-bond acceptors (Lipinski definition) is 4. The Kier molecular flexibility index (Phi) is 7.31. The molecule has 0 aliphatic heterocycles. The summed E-state index contributed by atoms with van der Waals surface area (Å²) in [6.45, 7) is 3.52. The predicted molar refractivity (Wildman–Crippen MR) is 91.2 cm³/mol. The number of hydrogen-bond donors (Lipinski definition) is 3. The van der Waals surface area contributed by atoms with Crippen molar-refractivity contribution in [2.24, 2.45) is 4.99 Å². The average Bonchev–Trinajstić information content (AvgIpc) is 3.12. The Hall–Kier alpha value is -2.02. The number of H-pyrrole nitrogens is 1. The Bertz CT molecular complexity index is 598. The van der Waals surface area contributed by atoms with E-state index in [1.54, 1.807) is 18.4 Å². The minimum atomic E-state index is 0. The molecule has 0 spiro atoms. The lowest BCUT2D eigenvalue weighted by Crippen LogP contribution is -2.37. The van der Waals surface area contributed by atoms with Crippen molar-refractivity contribution in [2.75, 3.05) is 13.1 Å². The number of aliphatic imine (C=N–C) groups is 1. The molecule has 21 heavy (non-hydrogen) atoms. The number of nitrogens with zero attached hydrogens (tertiary/aromatic N) is 3. The highest BCUT2D eigenvalue weighted by atomic mass is 127. The zero-order valence-corrected chi connectivity index (χ0v) is 13.9. The van der Waals surface area contributed by atoms with Gasteiger partial charge in [-0.25, -0.2) is 9.98 Å². The van der Waals surface area contributed by atoms with Crippen molar-refractivity contribution in [1.82, 2.24) is 25.8 Å². The van der Waals surface area contributed by atoms with Crippen molar-refractivity contribution < 1.29 is 4.42 Å². The molecule has 7 nitrogen and oxygen atoms in total. The zero-order valence-electron chi connectivity index (χ0n) is 11.6. The van der Waals surface area contributed by atoms with Crippen molar-refractivity contribution in [3.05, 3.63) is 24.2 Å². The van der Waals surface area contributed by atoms with Crippen LogP contribution >= 0.6 is 24.0 Å². The second kappa shape index (κ2) is 9.02. The van der Waals surface area contributed by atoms with Crippen LogP contribution in [0.1, 0.15) is 12.7 Å². The molecule has 3 N–H and O–H groups in total. The summed E-state index contributed by atoms with van der Waals surface area (Å²) in [6, 6.07) is 3.59. The molecule has 2 aromatic heterocycles. The van der Waals surface area contributed by atoms with Gasteiger partial charge >= 0.3 is 0 Å². The third kappa shape index (κ3) is 5.11. The number of rotatable bonds is 5. The first-order valence-corrected chi connectivity index (χ1v) is 6.24. The Morgan fingerprint density at radius 1 is 1.52 bits per heavy atom. The number of terminal acetylenes is 1. The maximum atomic E-state index is 5.22. The first-order valence-electron chi connectivity index (χ1n) is 6.24. The van der Waals surface area contributed by atoms with E-state index in [-0.39, 0.29) is 24.0 Å². The Morgan fingerprint density at radius 3 is 3.05 bits per heavy atom. The smallest absolute Gasteiger partial charge is 0.216 e. The van der Waals surface area contributed by atoms with E-state index in [9.17, 15) is 0 Å². The van der Waals surface area contributed by atoms with Gasteiger partial charge in [-0.2, -0.15) is 0 Å². The summed E-state index contributed by atoms with van der Waals surface area (Å²) in [5, 5.41) is 13.0. The highest BCUT2D eigenvalue weighted by molar-refractivity contribution is 14.0. The van der Waals surface area contributed by atoms with Crippen molar-refractivity contribution in [2.45, 2.75) is 13.5 Å². The molecule has 0 radical (unpaired) electrons. The van der Waals surface area contributed by atoms with Gasteiger partial charge in [0.25, 0.3) is 0 Å². The van der Waals surface area contributed by atoms with Gasteiger partial charge in [-0.3, -0.25) is 5.10 Å². The van der Waals surface area contributed by atoms with Gasteiger partial charge in [-0.1, -0.05) is 5.92 Å². The van der Waals surface area contributed by atoms with Gasteiger partial charge in [0.05, 0.1) is 12.8 Å². The van der Waals surface area contributed by atoms with Crippen LogP contribution in [0.3, 0.4) is 0 Å². The summed E-state index contributed by atoms with van der Waals surface area (Å²) < 4.78 is 5.22. The lowest BCUT2D eigenvalue weighted by Gasteiger charge is -2.07.